The second-order valence-corrected chi connectivity index (χ2v) is 3.94. The number of aromatic nitrogens is 2. The highest BCUT2D eigenvalue weighted by molar-refractivity contribution is 5.92. The van der Waals surface area contributed by atoms with Crippen LogP contribution in [0.1, 0.15) is 23.0 Å². The van der Waals surface area contributed by atoms with E-state index in [4.69, 9.17) is 5.73 Å². The van der Waals surface area contributed by atoms with Gasteiger partial charge in [-0.25, -0.2) is 9.78 Å². The van der Waals surface area contributed by atoms with E-state index in [0.29, 0.717) is 13.0 Å². The highest BCUT2D eigenvalue weighted by Crippen LogP contribution is 2.26. The number of hydrogen-bond acceptors (Lipinski definition) is 5. The van der Waals surface area contributed by atoms with Crippen LogP contribution in [0, 0.1) is 0 Å². The maximum Gasteiger partial charge on any atom is 0.360 e. The molecule has 1 aliphatic rings. The Hall–Kier alpha value is -2.05. The normalized spacial score (nSPS) is 19.8. The number of hydrogen-bond donors (Lipinski definition) is 1. The molecule has 1 aromatic rings. The molecule has 7 nitrogen and oxygen atoms in total. The molecule has 7 heteroatoms. The fourth-order valence-corrected chi connectivity index (χ4v) is 1.93. The van der Waals surface area contributed by atoms with Crippen LogP contribution in [0.5, 0.6) is 0 Å². The molecule has 2 N–H and O–H groups in total. The topological polar surface area (TPSA) is 90.5 Å². The Morgan fingerprint density at radius 2 is 2.35 bits per heavy atom. The van der Waals surface area contributed by atoms with E-state index < -0.39 is 5.97 Å². The number of anilines is 1. The first-order valence-corrected chi connectivity index (χ1v) is 5.22. The van der Waals surface area contributed by atoms with Crippen molar-refractivity contribution in [2.75, 3.05) is 26.4 Å². The Labute approximate surface area is 98.2 Å². The number of carbonyl (C=O) groups excluding carboxylic acids is 2. The third-order valence-corrected chi connectivity index (χ3v) is 2.95. The maximum absolute atomic E-state index is 11.8. The summed E-state index contributed by atoms with van der Waals surface area (Å²) in [5.74, 6) is -0.448. The summed E-state index contributed by atoms with van der Waals surface area (Å²) < 4.78 is 6.08. The Morgan fingerprint density at radius 1 is 1.65 bits per heavy atom. The summed E-state index contributed by atoms with van der Waals surface area (Å²) in [6.07, 6.45) is 2.07. The Bertz CT molecular complexity index is 468. The summed E-state index contributed by atoms with van der Waals surface area (Å²) >= 11 is 0. The van der Waals surface area contributed by atoms with Crippen LogP contribution in [0.3, 0.4) is 0 Å². The van der Waals surface area contributed by atoms with Crippen molar-refractivity contribution in [1.29, 1.82) is 0 Å². The number of imidazole rings is 1. The second-order valence-electron chi connectivity index (χ2n) is 3.94. The van der Waals surface area contributed by atoms with Crippen LogP contribution in [0.15, 0.2) is 6.33 Å². The average molecular weight is 238 g/mol. The zero-order valence-electron chi connectivity index (χ0n) is 9.71. The fraction of sp³-hybridized carbons (Fsp3) is 0.500. The molecule has 1 atom stereocenters. The van der Waals surface area contributed by atoms with Gasteiger partial charge in [0.15, 0.2) is 5.69 Å². The Balaban J connectivity index is 2.32. The van der Waals surface area contributed by atoms with E-state index in [1.165, 1.54) is 18.0 Å². The minimum atomic E-state index is -0.597. The SMILES string of the molecule is COC(=O)c1ncn(C2CCN(C)C2=O)c1N. The number of nitrogen functional groups attached to an aromatic ring is 1. The average Bonchev–Trinajstić information content (AvgIpc) is 2.84. The first-order valence-electron chi connectivity index (χ1n) is 5.22. The van der Waals surface area contributed by atoms with Gasteiger partial charge in [0.05, 0.1) is 13.4 Å². The zero-order valence-corrected chi connectivity index (χ0v) is 9.71. The lowest BCUT2D eigenvalue weighted by Crippen LogP contribution is -2.25. The summed E-state index contributed by atoms with van der Waals surface area (Å²) in [7, 11) is 2.99. The molecule has 0 saturated carbocycles. The lowest BCUT2D eigenvalue weighted by Gasteiger charge is -2.12. The van der Waals surface area contributed by atoms with Crippen LogP contribution in [0.4, 0.5) is 5.82 Å². The number of ether oxygens (including phenoxy) is 1. The minimum absolute atomic E-state index is 0.0227. The molecule has 92 valence electrons. The van der Waals surface area contributed by atoms with E-state index in [1.807, 2.05) is 0 Å². The standard InChI is InChI=1S/C10H14N4O3/c1-13-4-3-6(9(13)15)14-5-12-7(8(14)11)10(16)17-2/h5-6H,3-4,11H2,1-2H3. The van der Waals surface area contributed by atoms with Crippen LogP contribution in [-0.4, -0.2) is 47.0 Å². The fourth-order valence-electron chi connectivity index (χ4n) is 1.93. The van der Waals surface area contributed by atoms with E-state index in [0.717, 1.165) is 0 Å². The van der Waals surface area contributed by atoms with Gasteiger partial charge in [0.1, 0.15) is 11.9 Å². The van der Waals surface area contributed by atoms with Crippen molar-refractivity contribution in [3.8, 4) is 0 Å². The molecule has 0 radical (unpaired) electrons. The van der Waals surface area contributed by atoms with Gasteiger partial charge in [0.2, 0.25) is 5.91 Å². The molecule has 2 rings (SSSR count). The number of esters is 1. The third kappa shape index (κ3) is 1.73. The summed E-state index contributed by atoms with van der Waals surface area (Å²) in [6, 6.07) is -0.370. The van der Waals surface area contributed by atoms with E-state index in [-0.39, 0.29) is 23.5 Å². The van der Waals surface area contributed by atoms with E-state index in [1.54, 1.807) is 11.9 Å². The molecule has 1 unspecified atom stereocenters. The smallest absolute Gasteiger partial charge is 0.360 e. The molecule has 17 heavy (non-hydrogen) atoms. The first kappa shape index (κ1) is 11.4. The number of nitrogens with two attached hydrogens (primary N) is 1. The molecule has 0 aromatic carbocycles. The number of likely N-dealkylation sites (tertiary alicyclic amines) is 1. The van der Waals surface area contributed by atoms with Gasteiger partial charge < -0.3 is 19.9 Å². The minimum Gasteiger partial charge on any atom is -0.464 e. The zero-order chi connectivity index (χ0) is 12.6. The summed E-state index contributed by atoms with van der Waals surface area (Å²) in [4.78, 5) is 28.7. The van der Waals surface area contributed by atoms with Gasteiger partial charge >= 0.3 is 5.97 Å². The number of methoxy groups -OCH3 is 1. The van der Waals surface area contributed by atoms with Gasteiger partial charge in [-0.1, -0.05) is 0 Å². The number of likely N-dealkylation sites (N-methyl/N-ethyl adjacent to an activating group) is 1. The van der Waals surface area contributed by atoms with E-state index >= 15 is 0 Å². The third-order valence-electron chi connectivity index (χ3n) is 2.95. The van der Waals surface area contributed by atoms with Crippen molar-refractivity contribution < 1.29 is 14.3 Å². The van der Waals surface area contributed by atoms with E-state index in [9.17, 15) is 9.59 Å². The Morgan fingerprint density at radius 3 is 2.88 bits per heavy atom. The number of nitrogens with zero attached hydrogens (tertiary/aromatic N) is 3. The second kappa shape index (κ2) is 4.08. The van der Waals surface area contributed by atoms with E-state index in [2.05, 4.69) is 9.72 Å². The molecule has 1 aromatic heterocycles. The summed E-state index contributed by atoms with van der Waals surface area (Å²) in [5.41, 5.74) is 5.85. The van der Waals surface area contributed by atoms with Crippen LogP contribution in [0.25, 0.3) is 0 Å². The van der Waals surface area contributed by atoms with Crippen LogP contribution < -0.4 is 5.73 Å². The molecule has 1 fully saturated rings. The first-order chi connectivity index (χ1) is 8.06. The quantitative estimate of drug-likeness (QED) is 0.711. The van der Waals surface area contributed by atoms with Crippen molar-refractivity contribution >= 4 is 17.7 Å². The largest absolute Gasteiger partial charge is 0.464 e. The lowest BCUT2D eigenvalue weighted by atomic mass is 10.2. The van der Waals surface area contributed by atoms with Crippen molar-refractivity contribution in [3.63, 3.8) is 0 Å². The van der Waals surface area contributed by atoms with Crippen molar-refractivity contribution in [1.82, 2.24) is 14.5 Å². The highest BCUT2D eigenvalue weighted by Gasteiger charge is 2.32. The van der Waals surface area contributed by atoms with Gasteiger partial charge in [0.25, 0.3) is 0 Å². The van der Waals surface area contributed by atoms with Crippen molar-refractivity contribution in [2.24, 2.45) is 0 Å². The monoisotopic (exact) mass is 238 g/mol. The van der Waals surface area contributed by atoms with Crippen molar-refractivity contribution in [2.45, 2.75) is 12.5 Å². The molecule has 1 amide bonds. The van der Waals surface area contributed by atoms with Crippen LogP contribution >= 0.6 is 0 Å². The predicted octanol–water partition coefficient (Wildman–Crippen LogP) is -0.345. The lowest BCUT2D eigenvalue weighted by molar-refractivity contribution is -0.129. The molecular weight excluding hydrogens is 224 g/mol. The van der Waals surface area contributed by atoms with Gasteiger partial charge in [-0.3, -0.25) is 4.79 Å². The van der Waals surface area contributed by atoms with Gasteiger partial charge in [0, 0.05) is 13.6 Å². The van der Waals surface area contributed by atoms with Gasteiger partial charge in [-0.05, 0) is 6.42 Å². The predicted molar refractivity (Wildman–Crippen MR) is 59.3 cm³/mol. The van der Waals surface area contributed by atoms with Crippen LogP contribution in [0.2, 0.25) is 0 Å². The number of carbonyl (C=O) groups is 2. The molecule has 0 bridgehead atoms. The maximum atomic E-state index is 11.8. The highest BCUT2D eigenvalue weighted by atomic mass is 16.5. The molecule has 2 heterocycles. The van der Waals surface area contributed by atoms with Gasteiger partial charge in [-0.15, -0.1) is 0 Å². The molecule has 0 spiro atoms. The van der Waals surface area contributed by atoms with Crippen LogP contribution in [-0.2, 0) is 9.53 Å². The van der Waals surface area contributed by atoms with Crippen molar-refractivity contribution in [3.05, 3.63) is 12.0 Å². The summed E-state index contributed by atoms with van der Waals surface area (Å²) in [6.45, 7) is 0.675. The molecule has 1 aliphatic heterocycles. The Kier molecular flexibility index (Phi) is 2.74. The number of rotatable bonds is 2. The molecule has 0 aliphatic carbocycles. The molecule has 1 saturated heterocycles. The number of amides is 1. The van der Waals surface area contributed by atoms with Gasteiger partial charge in [-0.2, -0.15) is 0 Å². The molecular formula is C10H14N4O3. The summed E-state index contributed by atoms with van der Waals surface area (Å²) in [5, 5.41) is 0.